The number of cyclic esters (lactones) is 1. The summed E-state index contributed by atoms with van der Waals surface area (Å²) < 4.78 is 21.7. The van der Waals surface area contributed by atoms with E-state index in [0.717, 1.165) is 5.56 Å². The third-order valence-electron chi connectivity index (χ3n) is 5.47. The molecule has 1 amide bonds. The van der Waals surface area contributed by atoms with Crippen molar-refractivity contribution in [2.45, 2.75) is 39.8 Å². The molecule has 1 saturated heterocycles. The Morgan fingerprint density at radius 3 is 2.68 bits per heavy atom. The van der Waals surface area contributed by atoms with Crippen LogP contribution in [0.25, 0.3) is 5.69 Å². The molecule has 162 valence electrons. The number of halogens is 1. The minimum atomic E-state index is -0.413. The number of carbonyl (C=O) groups excluding carboxylic acids is 1. The van der Waals surface area contributed by atoms with Crippen molar-refractivity contribution in [2.24, 2.45) is 5.92 Å². The van der Waals surface area contributed by atoms with Gasteiger partial charge in [-0.05, 0) is 43.5 Å². The molecule has 1 aliphatic heterocycles. The molecular formula is C22H25FN6O2. The molecule has 2 aromatic heterocycles. The second kappa shape index (κ2) is 8.33. The summed E-state index contributed by atoms with van der Waals surface area (Å²) in [6, 6.07) is 6.41. The summed E-state index contributed by atoms with van der Waals surface area (Å²) in [5.41, 5.74) is 1.19. The monoisotopic (exact) mass is 424 g/mol. The number of nitrogens with zero attached hydrogens (tertiary/aromatic N) is 5. The number of anilines is 2. The number of amides is 1. The zero-order valence-electron chi connectivity index (χ0n) is 17.9. The molecule has 0 aliphatic carbocycles. The van der Waals surface area contributed by atoms with E-state index in [4.69, 9.17) is 4.74 Å². The average molecular weight is 424 g/mol. The van der Waals surface area contributed by atoms with Gasteiger partial charge in [-0.2, -0.15) is 4.98 Å². The first kappa shape index (κ1) is 20.8. The molecule has 0 spiro atoms. The van der Waals surface area contributed by atoms with E-state index in [1.165, 1.54) is 6.07 Å². The molecule has 4 rings (SSSR count). The van der Waals surface area contributed by atoms with Crippen LogP contribution in [0.5, 0.6) is 0 Å². The van der Waals surface area contributed by atoms with Gasteiger partial charge >= 0.3 is 6.09 Å². The number of carbonyl (C=O) groups is 1. The topological polar surface area (TPSA) is 85.2 Å². The van der Waals surface area contributed by atoms with Crippen LogP contribution in [0.3, 0.4) is 0 Å². The van der Waals surface area contributed by atoms with Gasteiger partial charge in [-0.3, -0.25) is 4.90 Å². The van der Waals surface area contributed by atoms with Gasteiger partial charge in [0.05, 0.1) is 17.8 Å². The number of rotatable bonds is 6. The van der Waals surface area contributed by atoms with Crippen LogP contribution in [0.4, 0.5) is 21.0 Å². The Morgan fingerprint density at radius 1 is 1.19 bits per heavy atom. The standard InChI is InChI=1S/C22H25FN6O2/c1-13(2)19-12-31-22(30)29(19)20-7-8-25-21(27-20)26-14(3)16-5-6-18(17(23)11-16)28-10-9-24-15(28)4/h5-11,13-14,19H,12H2,1-4H3,(H,25,26,27)/t14-,19+/m0/s1. The number of hydrogen-bond acceptors (Lipinski definition) is 6. The van der Waals surface area contributed by atoms with Gasteiger partial charge in [-0.25, -0.2) is 19.2 Å². The first-order valence-corrected chi connectivity index (χ1v) is 10.2. The second-order valence-electron chi connectivity index (χ2n) is 7.92. The minimum absolute atomic E-state index is 0.0825. The lowest BCUT2D eigenvalue weighted by molar-refractivity contribution is 0.177. The quantitative estimate of drug-likeness (QED) is 0.636. The molecule has 31 heavy (non-hydrogen) atoms. The van der Waals surface area contributed by atoms with Crippen molar-refractivity contribution in [3.63, 3.8) is 0 Å². The van der Waals surface area contributed by atoms with Crippen LogP contribution in [-0.4, -0.2) is 38.3 Å². The highest BCUT2D eigenvalue weighted by Gasteiger charge is 2.37. The van der Waals surface area contributed by atoms with Gasteiger partial charge < -0.3 is 14.6 Å². The first-order valence-electron chi connectivity index (χ1n) is 10.2. The van der Waals surface area contributed by atoms with Crippen molar-refractivity contribution in [1.82, 2.24) is 19.5 Å². The first-order chi connectivity index (χ1) is 14.8. The molecule has 1 aromatic carbocycles. The van der Waals surface area contributed by atoms with Crippen molar-refractivity contribution >= 4 is 17.9 Å². The summed E-state index contributed by atoms with van der Waals surface area (Å²) in [6.07, 6.45) is 4.54. The number of aromatic nitrogens is 4. The fourth-order valence-electron chi connectivity index (χ4n) is 3.64. The lowest BCUT2D eigenvalue weighted by atomic mass is 10.0. The largest absolute Gasteiger partial charge is 0.447 e. The third kappa shape index (κ3) is 4.08. The average Bonchev–Trinajstić information content (AvgIpc) is 3.33. The smallest absolute Gasteiger partial charge is 0.415 e. The predicted octanol–water partition coefficient (Wildman–Crippen LogP) is 4.26. The summed E-state index contributed by atoms with van der Waals surface area (Å²) in [6.45, 7) is 8.12. The fourth-order valence-corrected chi connectivity index (χ4v) is 3.64. The highest BCUT2D eigenvalue weighted by molar-refractivity contribution is 5.89. The molecule has 3 aromatic rings. The van der Waals surface area contributed by atoms with Crippen LogP contribution in [0, 0.1) is 18.7 Å². The molecule has 3 heterocycles. The molecule has 0 unspecified atom stereocenters. The highest BCUT2D eigenvalue weighted by Crippen LogP contribution is 2.27. The number of imidazole rings is 1. The molecule has 0 saturated carbocycles. The Balaban J connectivity index is 1.53. The van der Waals surface area contributed by atoms with E-state index in [9.17, 15) is 9.18 Å². The van der Waals surface area contributed by atoms with Gasteiger partial charge in [0.1, 0.15) is 24.1 Å². The lowest BCUT2D eigenvalue weighted by Crippen LogP contribution is -2.37. The number of ether oxygens (including phenoxy) is 1. The minimum Gasteiger partial charge on any atom is -0.447 e. The second-order valence-corrected chi connectivity index (χ2v) is 7.92. The van der Waals surface area contributed by atoms with Crippen LogP contribution in [-0.2, 0) is 4.74 Å². The SMILES string of the molecule is Cc1nccn1-c1ccc([C@H](C)Nc2nccc(N3C(=O)OC[C@@H]3C(C)C)n2)cc1F. The predicted molar refractivity (Wildman–Crippen MR) is 115 cm³/mol. The van der Waals surface area contributed by atoms with Crippen molar-refractivity contribution in [2.75, 3.05) is 16.8 Å². The normalized spacial score (nSPS) is 17.2. The number of aryl methyl sites for hydroxylation is 1. The van der Waals surface area contributed by atoms with Crippen molar-refractivity contribution in [3.8, 4) is 5.69 Å². The lowest BCUT2D eigenvalue weighted by Gasteiger charge is -2.24. The van der Waals surface area contributed by atoms with E-state index in [0.29, 0.717) is 29.9 Å². The maximum absolute atomic E-state index is 14.8. The molecule has 1 N–H and O–H groups in total. The molecule has 0 bridgehead atoms. The Labute approximate surface area is 180 Å². The molecule has 2 atom stereocenters. The van der Waals surface area contributed by atoms with Crippen LogP contribution >= 0.6 is 0 Å². The third-order valence-corrected chi connectivity index (χ3v) is 5.47. The van der Waals surface area contributed by atoms with Gasteiger partial charge in [0.25, 0.3) is 0 Å². The van der Waals surface area contributed by atoms with Crippen molar-refractivity contribution in [1.29, 1.82) is 0 Å². The Bertz CT molecular complexity index is 1100. The zero-order valence-corrected chi connectivity index (χ0v) is 17.9. The van der Waals surface area contributed by atoms with Gasteiger partial charge in [0.2, 0.25) is 5.95 Å². The maximum atomic E-state index is 14.8. The van der Waals surface area contributed by atoms with Crippen molar-refractivity contribution in [3.05, 3.63) is 60.1 Å². The van der Waals surface area contributed by atoms with Gasteiger partial charge in [0.15, 0.2) is 0 Å². The summed E-state index contributed by atoms with van der Waals surface area (Å²) in [4.78, 5) is 26.7. The van der Waals surface area contributed by atoms with E-state index in [-0.39, 0.29) is 23.8 Å². The van der Waals surface area contributed by atoms with E-state index in [2.05, 4.69) is 20.3 Å². The summed E-state index contributed by atoms with van der Waals surface area (Å²) in [7, 11) is 0. The van der Waals surface area contributed by atoms with Crippen molar-refractivity contribution < 1.29 is 13.9 Å². The van der Waals surface area contributed by atoms with Gasteiger partial charge in [-0.1, -0.05) is 19.9 Å². The van der Waals surface area contributed by atoms with E-state index < -0.39 is 6.09 Å². The molecule has 9 heteroatoms. The summed E-state index contributed by atoms with van der Waals surface area (Å²) >= 11 is 0. The molecule has 1 fully saturated rings. The van der Waals surface area contributed by atoms with Gasteiger partial charge in [0, 0.05) is 18.6 Å². The number of nitrogens with one attached hydrogen (secondary N) is 1. The van der Waals surface area contributed by atoms with Crippen LogP contribution in [0.1, 0.15) is 38.2 Å². The highest BCUT2D eigenvalue weighted by atomic mass is 19.1. The summed E-state index contributed by atoms with van der Waals surface area (Å²) in [5.74, 6) is 1.41. The van der Waals surface area contributed by atoms with E-state index >= 15 is 0 Å². The molecule has 1 aliphatic rings. The zero-order chi connectivity index (χ0) is 22.1. The Hall–Kier alpha value is -3.49. The van der Waals surface area contributed by atoms with Gasteiger partial charge in [-0.15, -0.1) is 0 Å². The number of benzene rings is 1. The van der Waals surface area contributed by atoms with E-state index in [1.54, 1.807) is 40.2 Å². The van der Waals surface area contributed by atoms with E-state index in [1.807, 2.05) is 33.8 Å². The molecule has 8 nitrogen and oxygen atoms in total. The Morgan fingerprint density at radius 2 is 2.00 bits per heavy atom. The van der Waals surface area contributed by atoms with Crippen LogP contribution in [0.15, 0.2) is 42.9 Å². The maximum Gasteiger partial charge on any atom is 0.415 e. The molecule has 0 radical (unpaired) electrons. The Kier molecular flexibility index (Phi) is 5.58. The van der Waals surface area contributed by atoms with Crippen LogP contribution < -0.4 is 10.2 Å². The summed E-state index contributed by atoms with van der Waals surface area (Å²) in [5, 5.41) is 3.19. The molecular weight excluding hydrogens is 399 g/mol. The fraction of sp³-hybridized carbons (Fsp3) is 0.364. The number of hydrogen-bond donors (Lipinski definition) is 1. The van der Waals surface area contributed by atoms with Crippen LogP contribution in [0.2, 0.25) is 0 Å².